The molecule has 0 radical (unpaired) electrons. The molecule has 1 fully saturated rings. The van der Waals surface area contributed by atoms with Crippen molar-refractivity contribution in [1.82, 2.24) is 4.90 Å². The summed E-state index contributed by atoms with van der Waals surface area (Å²) in [5, 5.41) is 8.81. The maximum absolute atomic E-state index is 11.7. The van der Waals surface area contributed by atoms with Crippen LogP contribution in [0.1, 0.15) is 17.5 Å². The van der Waals surface area contributed by atoms with Gasteiger partial charge in [-0.1, -0.05) is 18.2 Å². The fourth-order valence-electron chi connectivity index (χ4n) is 2.07. The van der Waals surface area contributed by atoms with E-state index in [1.807, 2.05) is 29.2 Å². The molecule has 17 heavy (non-hydrogen) atoms. The van der Waals surface area contributed by atoms with E-state index in [2.05, 4.69) is 12.6 Å². The number of carbonyl (C=O) groups excluding carboxylic acids is 1. The fraction of sp³-hybridized carbons (Fsp3) is 0.286. The zero-order valence-electron chi connectivity index (χ0n) is 9.60. The molecule has 1 unspecified atom stereocenters. The summed E-state index contributed by atoms with van der Waals surface area (Å²) in [5.74, 6) is 0.430. The van der Waals surface area contributed by atoms with Crippen molar-refractivity contribution in [1.29, 1.82) is 5.26 Å². The van der Waals surface area contributed by atoms with E-state index in [4.69, 9.17) is 5.26 Å². The van der Waals surface area contributed by atoms with E-state index in [-0.39, 0.29) is 11.8 Å². The molecule has 0 saturated carbocycles. The van der Waals surface area contributed by atoms with Crippen molar-refractivity contribution < 1.29 is 4.79 Å². The molecule has 1 heterocycles. The van der Waals surface area contributed by atoms with E-state index >= 15 is 0 Å². The Morgan fingerprint density at radius 2 is 2.41 bits per heavy atom. The summed E-state index contributed by atoms with van der Waals surface area (Å²) >= 11 is 0. The Morgan fingerprint density at radius 3 is 3.06 bits per heavy atom. The van der Waals surface area contributed by atoms with Crippen LogP contribution in [0.25, 0.3) is 0 Å². The zero-order chi connectivity index (χ0) is 12.3. The first-order chi connectivity index (χ1) is 8.22. The highest BCUT2D eigenvalue weighted by Crippen LogP contribution is 2.20. The van der Waals surface area contributed by atoms with E-state index in [0.717, 1.165) is 12.1 Å². The van der Waals surface area contributed by atoms with Crippen LogP contribution < -0.4 is 0 Å². The molecule has 1 aromatic rings. The van der Waals surface area contributed by atoms with Crippen molar-refractivity contribution in [2.45, 2.75) is 13.0 Å². The molecule has 1 aliphatic rings. The summed E-state index contributed by atoms with van der Waals surface area (Å²) in [7, 11) is 0. The second kappa shape index (κ2) is 4.84. The van der Waals surface area contributed by atoms with Crippen molar-refractivity contribution in [3.63, 3.8) is 0 Å². The van der Waals surface area contributed by atoms with Crippen LogP contribution in [-0.4, -0.2) is 17.4 Å². The number of hydrogen-bond acceptors (Lipinski definition) is 2. The molecule has 0 spiro atoms. The van der Waals surface area contributed by atoms with Crippen LogP contribution in [0.3, 0.4) is 0 Å². The third-order valence-electron chi connectivity index (χ3n) is 3.01. The van der Waals surface area contributed by atoms with E-state index < -0.39 is 0 Å². The van der Waals surface area contributed by atoms with Gasteiger partial charge in [0.05, 0.1) is 11.6 Å². The van der Waals surface area contributed by atoms with Crippen molar-refractivity contribution in [3.05, 3.63) is 48.0 Å². The van der Waals surface area contributed by atoms with Crippen LogP contribution in [0.15, 0.2) is 36.9 Å². The summed E-state index contributed by atoms with van der Waals surface area (Å²) in [6.07, 6.45) is 2.39. The largest absolute Gasteiger partial charge is 0.338 e. The zero-order valence-corrected chi connectivity index (χ0v) is 9.60. The first-order valence-electron chi connectivity index (χ1n) is 5.62. The second-order valence-corrected chi connectivity index (χ2v) is 4.29. The lowest BCUT2D eigenvalue weighted by Gasteiger charge is -2.16. The third-order valence-corrected chi connectivity index (χ3v) is 3.01. The Balaban J connectivity index is 2.08. The number of carbonyl (C=O) groups is 1. The highest BCUT2D eigenvalue weighted by Gasteiger charge is 2.27. The van der Waals surface area contributed by atoms with Gasteiger partial charge in [0.2, 0.25) is 5.91 Å². The third kappa shape index (κ3) is 2.54. The lowest BCUT2D eigenvalue weighted by atomic mass is 10.1. The standard InChI is InChI=1S/C14H14N2O/c1-2-11-7-14(17)16(9-11)10-13-5-3-4-12(6-13)8-15/h2-6,11H,1,7,9-10H2. The number of hydrogen-bond donors (Lipinski definition) is 0. The number of nitrogens with zero attached hydrogens (tertiary/aromatic N) is 2. The van der Waals surface area contributed by atoms with Crippen LogP contribution in [0.4, 0.5) is 0 Å². The summed E-state index contributed by atoms with van der Waals surface area (Å²) in [4.78, 5) is 13.5. The molecule has 1 aliphatic heterocycles. The number of amides is 1. The Morgan fingerprint density at radius 1 is 1.59 bits per heavy atom. The monoisotopic (exact) mass is 226 g/mol. The van der Waals surface area contributed by atoms with E-state index in [9.17, 15) is 4.79 Å². The maximum Gasteiger partial charge on any atom is 0.223 e. The average Bonchev–Trinajstić information content (AvgIpc) is 2.70. The van der Waals surface area contributed by atoms with Gasteiger partial charge in [0.15, 0.2) is 0 Å². The topological polar surface area (TPSA) is 44.1 Å². The lowest BCUT2D eigenvalue weighted by molar-refractivity contribution is -0.128. The molecule has 2 rings (SSSR count). The molecule has 0 aliphatic carbocycles. The van der Waals surface area contributed by atoms with E-state index in [1.54, 1.807) is 6.07 Å². The molecular formula is C14H14N2O. The molecule has 0 bridgehead atoms. The van der Waals surface area contributed by atoms with Crippen LogP contribution in [-0.2, 0) is 11.3 Å². The summed E-state index contributed by atoms with van der Waals surface area (Å²) in [6, 6.07) is 9.48. The van der Waals surface area contributed by atoms with Gasteiger partial charge in [0, 0.05) is 25.4 Å². The molecule has 1 amide bonds. The van der Waals surface area contributed by atoms with Crippen molar-refractivity contribution in [2.24, 2.45) is 5.92 Å². The minimum Gasteiger partial charge on any atom is -0.338 e. The van der Waals surface area contributed by atoms with Gasteiger partial charge in [0.25, 0.3) is 0 Å². The molecule has 86 valence electrons. The molecule has 1 aromatic carbocycles. The van der Waals surface area contributed by atoms with Gasteiger partial charge in [-0.15, -0.1) is 6.58 Å². The fourth-order valence-corrected chi connectivity index (χ4v) is 2.07. The highest BCUT2D eigenvalue weighted by molar-refractivity contribution is 5.79. The van der Waals surface area contributed by atoms with Gasteiger partial charge in [-0.3, -0.25) is 4.79 Å². The molecule has 0 aromatic heterocycles. The Hall–Kier alpha value is -2.08. The minimum atomic E-state index is 0.164. The predicted octanol–water partition coefficient (Wildman–Crippen LogP) is 2.09. The van der Waals surface area contributed by atoms with Gasteiger partial charge in [-0.05, 0) is 17.7 Å². The minimum absolute atomic E-state index is 0.164. The van der Waals surface area contributed by atoms with Crippen LogP contribution >= 0.6 is 0 Å². The molecule has 0 N–H and O–H groups in total. The van der Waals surface area contributed by atoms with Crippen molar-refractivity contribution in [2.75, 3.05) is 6.54 Å². The van der Waals surface area contributed by atoms with Crippen LogP contribution in [0, 0.1) is 17.2 Å². The van der Waals surface area contributed by atoms with Gasteiger partial charge < -0.3 is 4.90 Å². The number of nitriles is 1. The molecule has 1 saturated heterocycles. The Bertz CT molecular complexity index is 487. The van der Waals surface area contributed by atoms with E-state index in [1.165, 1.54) is 0 Å². The van der Waals surface area contributed by atoms with Gasteiger partial charge in [-0.25, -0.2) is 0 Å². The summed E-state index contributed by atoms with van der Waals surface area (Å²) in [5.41, 5.74) is 1.64. The lowest BCUT2D eigenvalue weighted by Crippen LogP contribution is -2.24. The first-order valence-corrected chi connectivity index (χ1v) is 5.62. The van der Waals surface area contributed by atoms with Gasteiger partial charge >= 0.3 is 0 Å². The molecule has 1 atom stereocenters. The van der Waals surface area contributed by atoms with Crippen LogP contribution in [0.2, 0.25) is 0 Å². The summed E-state index contributed by atoms with van der Waals surface area (Å²) < 4.78 is 0. The first kappa shape index (κ1) is 11.4. The second-order valence-electron chi connectivity index (χ2n) is 4.29. The number of benzene rings is 1. The summed E-state index contributed by atoms with van der Waals surface area (Å²) in [6.45, 7) is 5.04. The normalized spacial score (nSPS) is 19.1. The van der Waals surface area contributed by atoms with E-state index in [0.29, 0.717) is 18.5 Å². The molecule has 3 nitrogen and oxygen atoms in total. The quantitative estimate of drug-likeness (QED) is 0.741. The maximum atomic E-state index is 11.7. The van der Waals surface area contributed by atoms with Crippen molar-refractivity contribution in [3.8, 4) is 6.07 Å². The average molecular weight is 226 g/mol. The smallest absolute Gasteiger partial charge is 0.223 e. The van der Waals surface area contributed by atoms with Crippen LogP contribution in [0.5, 0.6) is 0 Å². The predicted molar refractivity (Wildman–Crippen MR) is 64.9 cm³/mol. The SMILES string of the molecule is C=CC1CC(=O)N(Cc2cccc(C#N)c2)C1. The highest BCUT2D eigenvalue weighted by atomic mass is 16.2. The molecule has 3 heteroatoms. The number of likely N-dealkylation sites (tertiary alicyclic amines) is 1. The van der Waals surface area contributed by atoms with Gasteiger partial charge in [0.1, 0.15) is 0 Å². The Kier molecular flexibility index (Phi) is 3.24. The van der Waals surface area contributed by atoms with Gasteiger partial charge in [-0.2, -0.15) is 5.26 Å². The Labute approximate surface area is 101 Å². The molecular weight excluding hydrogens is 212 g/mol. The number of rotatable bonds is 3. The van der Waals surface area contributed by atoms with Crippen molar-refractivity contribution >= 4 is 5.91 Å².